The number of carbonyl (C=O) groups is 2. The number of halogens is 2. The second kappa shape index (κ2) is 8.27. The summed E-state index contributed by atoms with van der Waals surface area (Å²) in [6.45, 7) is 1.72. The summed E-state index contributed by atoms with van der Waals surface area (Å²) in [6, 6.07) is 20.4. The minimum Gasteiger partial charge on any atom is -0.323 e. The molecule has 5 heteroatoms. The van der Waals surface area contributed by atoms with Crippen molar-refractivity contribution in [3.8, 4) is 0 Å². The van der Waals surface area contributed by atoms with Gasteiger partial charge in [0, 0.05) is 15.6 Å². The van der Waals surface area contributed by atoms with Gasteiger partial charge in [0.2, 0.25) is 5.91 Å². The van der Waals surface area contributed by atoms with E-state index < -0.39 is 11.7 Å². The fourth-order valence-corrected chi connectivity index (χ4v) is 3.02. The van der Waals surface area contributed by atoms with Crippen LogP contribution in [0.2, 0.25) is 0 Å². The summed E-state index contributed by atoms with van der Waals surface area (Å²) < 4.78 is 14.5. The van der Waals surface area contributed by atoms with E-state index >= 15 is 0 Å². The van der Waals surface area contributed by atoms with E-state index in [-0.39, 0.29) is 17.4 Å². The van der Waals surface area contributed by atoms with Gasteiger partial charge in [-0.15, -0.1) is 0 Å². The molecule has 3 nitrogen and oxygen atoms in total. The average molecular weight is 426 g/mol. The minimum atomic E-state index is -0.545. The summed E-state index contributed by atoms with van der Waals surface area (Å²) in [5, 5.41) is 2.60. The van der Waals surface area contributed by atoms with Crippen molar-refractivity contribution >= 4 is 33.3 Å². The van der Waals surface area contributed by atoms with Crippen molar-refractivity contribution in [3.63, 3.8) is 0 Å². The molecule has 3 rings (SSSR count). The highest BCUT2D eigenvalue weighted by Gasteiger charge is 2.18. The Hall–Kier alpha value is -2.79. The summed E-state index contributed by atoms with van der Waals surface area (Å²) in [5.41, 5.74) is 1.90. The quantitative estimate of drug-likeness (QED) is 0.543. The first-order valence-corrected chi connectivity index (χ1v) is 9.20. The van der Waals surface area contributed by atoms with Gasteiger partial charge in [-0.1, -0.05) is 64.5 Å². The predicted molar refractivity (Wildman–Crippen MR) is 107 cm³/mol. The molecular weight excluding hydrogens is 409 g/mol. The lowest BCUT2D eigenvalue weighted by Gasteiger charge is -2.14. The molecule has 1 amide bonds. The highest BCUT2D eigenvalue weighted by molar-refractivity contribution is 9.10. The van der Waals surface area contributed by atoms with Crippen molar-refractivity contribution in [2.45, 2.75) is 12.8 Å². The van der Waals surface area contributed by atoms with Crippen molar-refractivity contribution < 1.29 is 14.0 Å². The van der Waals surface area contributed by atoms with Crippen LogP contribution in [0, 0.1) is 5.82 Å². The SMILES string of the molecule is C[C@@H](C(=O)Nc1ccc(Br)cc1F)c1cccc(C(=O)c2ccccc2)c1. The maximum atomic E-state index is 13.9. The number of nitrogens with one attached hydrogen (secondary N) is 1. The molecule has 0 spiro atoms. The Balaban J connectivity index is 1.79. The third-order valence-corrected chi connectivity index (χ3v) is 4.76. The van der Waals surface area contributed by atoms with Crippen LogP contribution in [-0.2, 0) is 4.79 Å². The van der Waals surface area contributed by atoms with Gasteiger partial charge < -0.3 is 5.32 Å². The Bertz CT molecular complexity index is 989. The summed E-state index contributed by atoms with van der Waals surface area (Å²) in [6.07, 6.45) is 0. The van der Waals surface area contributed by atoms with Gasteiger partial charge in [0.05, 0.1) is 11.6 Å². The maximum absolute atomic E-state index is 13.9. The molecule has 0 heterocycles. The van der Waals surface area contributed by atoms with Crippen LogP contribution in [-0.4, -0.2) is 11.7 Å². The first-order chi connectivity index (χ1) is 13.0. The van der Waals surface area contributed by atoms with Gasteiger partial charge in [-0.3, -0.25) is 9.59 Å². The van der Waals surface area contributed by atoms with Crippen LogP contribution in [0.5, 0.6) is 0 Å². The lowest BCUT2D eigenvalue weighted by molar-refractivity contribution is -0.117. The van der Waals surface area contributed by atoms with Crippen LogP contribution in [0.4, 0.5) is 10.1 Å². The number of anilines is 1. The molecule has 1 atom stereocenters. The summed E-state index contributed by atoms with van der Waals surface area (Å²) in [4.78, 5) is 25.1. The molecule has 0 radical (unpaired) electrons. The van der Waals surface area contributed by atoms with E-state index in [0.29, 0.717) is 21.2 Å². The first kappa shape index (κ1) is 19.0. The molecule has 0 aliphatic carbocycles. The molecule has 0 aromatic heterocycles. The number of rotatable bonds is 5. The highest BCUT2D eigenvalue weighted by Crippen LogP contribution is 2.23. The minimum absolute atomic E-state index is 0.107. The smallest absolute Gasteiger partial charge is 0.231 e. The topological polar surface area (TPSA) is 46.2 Å². The number of hydrogen-bond donors (Lipinski definition) is 1. The normalized spacial score (nSPS) is 11.7. The number of hydrogen-bond acceptors (Lipinski definition) is 2. The Morgan fingerprint density at radius 1 is 0.926 bits per heavy atom. The van der Waals surface area contributed by atoms with Crippen molar-refractivity contribution in [1.82, 2.24) is 0 Å². The Kier molecular flexibility index (Phi) is 5.81. The second-order valence-electron chi connectivity index (χ2n) is 6.16. The van der Waals surface area contributed by atoms with Crippen LogP contribution >= 0.6 is 15.9 Å². The van der Waals surface area contributed by atoms with E-state index in [4.69, 9.17) is 0 Å². The summed E-state index contributed by atoms with van der Waals surface area (Å²) >= 11 is 3.18. The third kappa shape index (κ3) is 4.49. The van der Waals surface area contributed by atoms with E-state index in [0.717, 1.165) is 0 Å². The fourth-order valence-electron chi connectivity index (χ4n) is 2.69. The number of carbonyl (C=O) groups excluding carboxylic acids is 2. The molecule has 0 aliphatic rings. The Morgan fingerprint density at radius 3 is 2.33 bits per heavy atom. The largest absolute Gasteiger partial charge is 0.323 e. The van der Waals surface area contributed by atoms with E-state index in [1.165, 1.54) is 12.1 Å². The molecular formula is C22H17BrFNO2. The van der Waals surface area contributed by atoms with Crippen molar-refractivity contribution in [2.75, 3.05) is 5.32 Å². The second-order valence-corrected chi connectivity index (χ2v) is 7.07. The van der Waals surface area contributed by atoms with Crippen LogP contribution < -0.4 is 5.32 Å². The number of benzene rings is 3. The number of ketones is 1. The monoisotopic (exact) mass is 425 g/mol. The standard InChI is InChI=1S/C22H17BrFNO2/c1-14(22(27)25-20-11-10-18(23)13-19(20)24)16-8-5-9-17(12-16)21(26)15-6-3-2-4-7-15/h2-14H,1H3,(H,25,27)/t14-/m1/s1. The van der Waals surface area contributed by atoms with Crippen LogP contribution in [0.3, 0.4) is 0 Å². The fraction of sp³-hybridized carbons (Fsp3) is 0.0909. The zero-order valence-electron chi connectivity index (χ0n) is 14.6. The van der Waals surface area contributed by atoms with Crippen molar-refractivity contribution in [3.05, 3.63) is 99.8 Å². The maximum Gasteiger partial charge on any atom is 0.231 e. The van der Waals surface area contributed by atoms with Gasteiger partial charge >= 0.3 is 0 Å². The zero-order valence-corrected chi connectivity index (χ0v) is 16.2. The molecule has 1 N–H and O–H groups in total. The van der Waals surface area contributed by atoms with E-state index in [9.17, 15) is 14.0 Å². The van der Waals surface area contributed by atoms with Gasteiger partial charge in [0.1, 0.15) is 5.82 Å². The molecule has 27 heavy (non-hydrogen) atoms. The van der Waals surface area contributed by atoms with Crippen LogP contribution in [0.25, 0.3) is 0 Å². The van der Waals surface area contributed by atoms with Gasteiger partial charge in [-0.05, 0) is 36.8 Å². The molecule has 3 aromatic carbocycles. The molecule has 0 saturated carbocycles. The van der Waals surface area contributed by atoms with Gasteiger partial charge in [-0.25, -0.2) is 4.39 Å². The summed E-state index contributed by atoms with van der Waals surface area (Å²) in [7, 11) is 0. The summed E-state index contributed by atoms with van der Waals surface area (Å²) in [5.74, 6) is -1.51. The van der Waals surface area contributed by atoms with Crippen LogP contribution in [0.15, 0.2) is 77.3 Å². The van der Waals surface area contributed by atoms with Gasteiger partial charge in [-0.2, -0.15) is 0 Å². The average Bonchev–Trinajstić information content (AvgIpc) is 2.69. The van der Waals surface area contributed by atoms with Crippen LogP contribution in [0.1, 0.15) is 34.3 Å². The predicted octanol–water partition coefficient (Wildman–Crippen LogP) is 5.56. The zero-order chi connectivity index (χ0) is 19.4. The Morgan fingerprint density at radius 2 is 1.63 bits per heavy atom. The van der Waals surface area contributed by atoms with Gasteiger partial charge in [0.25, 0.3) is 0 Å². The lowest BCUT2D eigenvalue weighted by atomic mass is 9.95. The van der Waals surface area contributed by atoms with Crippen molar-refractivity contribution in [2.24, 2.45) is 0 Å². The van der Waals surface area contributed by atoms with Gasteiger partial charge in [0.15, 0.2) is 5.78 Å². The molecule has 3 aromatic rings. The lowest BCUT2D eigenvalue weighted by Crippen LogP contribution is -2.20. The number of amides is 1. The molecule has 0 unspecified atom stereocenters. The van der Waals surface area contributed by atoms with E-state index in [1.807, 2.05) is 6.07 Å². The molecule has 0 fully saturated rings. The highest BCUT2D eigenvalue weighted by atomic mass is 79.9. The molecule has 0 saturated heterocycles. The van der Waals surface area contributed by atoms with E-state index in [2.05, 4.69) is 21.2 Å². The first-order valence-electron chi connectivity index (χ1n) is 8.41. The Labute approximate surface area is 165 Å². The van der Waals surface area contributed by atoms with E-state index in [1.54, 1.807) is 61.5 Å². The molecule has 0 aliphatic heterocycles. The van der Waals surface area contributed by atoms with Crippen molar-refractivity contribution in [1.29, 1.82) is 0 Å². The third-order valence-electron chi connectivity index (χ3n) is 4.27. The molecule has 0 bridgehead atoms. The molecule has 136 valence electrons.